The zero-order valence-corrected chi connectivity index (χ0v) is 14.4. The molecule has 0 radical (unpaired) electrons. The number of rotatable bonds is 2. The van der Waals surface area contributed by atoms with E-state index in [-0.39, 0.29) is 11.1 Å². The van der Waals surface area contributed by atoms with Crippen LogP contribution in [0.25, 0.3) is 22.0 Å². The van der Waals surface area contributed by atoms with E-state index in [9.17, 15) is 14.7 Å². The quantitative estimate of drug-likeness (QED) is 0.562. The SMILES string of the molecule is Cn1c2ccccc2c2oc(=O)c(C(=O)Nc3ccc(Cl)cc3)c(O)c21. The van der Waals surface area contributed by atoms with Crippen LogP contribution >= 0.6 is 11.6 Å². The number of nitrogens with zero attached hydrogens (tertiary/aromatic N) is 1. The molecule has 0 unspecified atom stereocenters. The molecule has 4 rings (SSSR count). The van der Waals surface area contributed by atoms with Crippen molar-refractivity contribution < 1.29 is 14.3 Å². The first kappa shape index (κ1) is 16.2. The molecule has 2 N–H and O–H groups in total. The molecule has 0 bridgehead atoms. The maximum absolute atomic E-state index is 12.5. The number of fused-ring (bicyclic) bond motifs is 3. The van der Waals surface area contributed by atoms with Gasteiger partial charge >= 0.3 is 5.63 Å². The van der Waals surface area contributed by atoms with Crippen LogP contribution in [0.15, 0.2) is 57.7 Å². The Bertz CT molecular complexity index is 1220. The highest BCUT2D eigenvalue weighted by Gasteiger charge is 2.24. The number of carbonyl (C=O) groups is 1. The van der Waals surface area contributed by atoms with E-state index in [0.29, 0.717) is 16.1 Å². The summed E-state index contributed by atoms with van der Waals surface area (Å²) in [7, 11) is 1.73. The lowest BCUT2D eigenvalue weighted by Gasteiger charge is -2.07. The lowest BCUT2D eigenvalue weighted by molar-refractivity contribution is 0.102. The average Bonchev–Trinajstić information content (AvgIpc) is 2.90. The molecule has 0 saturated carbocycles. The number of hydrogen-bond acceptors (Lipinski definition) is 4. The van der Waals surface area contributed by atoms with Crippen LogP contribution < -0.4 is 10.9 Å². The minimum absolute atomic E-state index is 0.244. The molecule has 7 heteroatoms. The van der Waals surface area contributed by atoms with Gasteiger partial charge in [0.05, 0.1) is 5.52 Å². The molecule has 2 aromatic carbocycles. The summed E-state index contributed by atoms with van der Waals surface area (Å²) in [6, 6.07) is 13.7. The number of hydrogen-bond donors (Lipinski definition) is 2. The Morgan fingerprint density at radius 1 is 1.15 bits per heavy atom. The Kier molecular flexibility index (Phi) is 3.70. The second-order valence-corrected chi connectivity index (χ2v) is 6.26. The maximum Gasteiger partial charge on any atom is 0.353 e. The fraction of sp³-hybridized carbons (Fsp3) is 0.0526. The van der Waals surface area contributed by atoms with Crippen LogP contribution in [0, 0.1) is 0 Å². The van der Waals surface area contributed by atoms with Crippen LogP contribution in [0.5, 0.6) is 5.75 Å². The molecule has 1 amide bonds. The van der Waals surface area contributed by atoms with E-state index < -0.39 is 22.8 Å². The Balaban J connectivity index is 1.89. The minimum Gasteiger partial charge on any atom is -0.505 e. The predicted molar refractivity (Wildman–Crippen MR) is 100 cm³/mol. The molecule has 0 saturated heterocycles. The van der Waals surface area contributed by atoms with Crippen LogP contribution in [0.4, 0.5) is 5.69 Å². The number of aromatic nitrogens is 1. The largest absolute Gasteiger partial charge is 0.505 e. The Hall–Kier alpha value is -3.25. The van der Waals surface area contributed by atoms with E-state index in [2.05, 4.69) is 5.32 Å². The summed E-state index contributed by atoms with van der Waals surface area (Å²) in [4.78, 5) is 24.9. The number of amides is 1. The number of aromatic hydroxyl groups is 1. The van der Waals surface area contributed by atoms with Crippen molar-refractivity contribution in [1.82, 2.24) is 4.57 Å². The van der Waals surface area contributed by atoms with Gasteiger partial charge in [0.1, 0.15) is 5.52 Å². The molecule has 2 heterocycles. The van der Waals surface area contributed by atoms with Gasteiger partial charge in [-0.3, -0.25) is 4.79 Å². The lowest BCUT2D eigenvalue weighted by Crippen LogP contribution is -2.21. The van der Waals surface area contributed by atoms with Crippen molar-refractivity contribution in [2.75, 3.05) is 5.32 Å². The molecular weight excluding hydrogens is 356 g/mol. The highest BCUT2D eigenvalue weighted by Crippen LogP contribution is 2.34. The van der Waals surface area contributed by atoms with Gasteiger partial charge in [0.15, 0.2) is 16.9 Å². The molecule has 0 aliphatic carbocycles. The second-order valence-electron chi connectivity index (χ2n) is 5.83. The number of para-hydroxylation sites is 1. The molecule has 6 nitrogen and oxygen atoms in total. The summed E-state index contributed by atoms with van der Waals surface area (Å²) in [6.45, 7) is 0. The molecular formula is C19H13ClN2O4. The average molecular weight is 369 g/mol. The number of aryl methyl sites for hydroxylation is 1. The summed E-state index contributed by atoms with van der Waals surface area (Å²) in [5.74, 6) is -1.17. The number of halogens is 1. The van der Waals surface area contributed by atoms with Crippen molar-refractivity contribution in [2.45, 2.75) is 0 Å². The van der Waals surface area contributed by atoms with Gasteiger partial charge in [-0.25, -0.2) is 4.79 Å². The molecule has 2 aromatic heterocycles. The highest BCUT2D eigenvalue weighted by atomic mass is 35.5. The van der Waals surface area contributed by atoms with E-state index in [1.807, 2.05) is 12.1 Å². The van der Waals surface area contributed by atoms with Gasteiger partial charge in [-0.2, -0.15) is 0 Å². The van der Waals surface area contributed by atoms with Gasteiger partial charge in [0.25, 0.3) is 5.91 Å². The standard InChI is InChI=1S/C19H13ClN2O4/c1-22-13-5-3-2-4-12(13)17-15(22)16(23)14(19(25)26-17)18(24)21-11-8-6-10(20)7-9-11/h2-9,23H,1H3,(H,21,24). The van der Waals surface area contributed by atoms with Crippen LogP contribution in [0.1, 0.15) is 10.4 Å². The normalized spacial score (nSPS) is 11.2. The molecule has 0 aliphatic heterocycles. The topological polar surface area (TPSA) is 84.5 Å². The van der Waals surface area contributed by atoms with Crippen LogP contribution in [0.3, 0.4) is 0 Å². The van der Waals surface area contributed by atoms with Crippen LogP contribution in [0.2, 0.25) is 5.02 Å². The second kappa shape index (κ2) is 5.93. The third-order valence-corrected chi connectivity index (χ3v) is 4.50. The summed E-state index contributed by atoms with van der Waals surface area (Å²) in [6.07, 6.45) is 0. The highest BCUT2D eigenvalue weighted by molar-refractivity contribution is 6.30. The number of carbonyl (C=O) groups excluding carboxylic acids is 1. The Morgan fingerprint density at radius 3 is 2.58 bits per heavy atom. The van der Waals surface area contributed by atoms with E-state index in [4.69, 9.17) is 16.0 Å². The first-order chi connectivity index (χ1) is 12.5. The van der Waals surface area contributed by atoms with Gasteiger partial charge in [0.2, 0.25) is 0 Å². The zero-order valence-electron chi connectivity index (χ0n) is 13.6. The fourth-order valence-corrected chi connectivity index (χ4v) is 3.14. The third kappa shape index (κ3) is 2.43. The van der Waals surface area contributed by atoms with Gasteiger partial charge in [0, 0.05) is 23.1 Å². The fourth-order valence-electron chi connectivity index (χ4n) is 3.01. The summed E-state index contributed by atoms with van der Waals surface area (Å²) in [5.41, 5.74) is 0.392. The molecule has 130 valence electrons. The molecule has 0 aliphatic rings. The number of benzene rings is 2. The van der Waals surface area contributed by atoms with Gasteiger partial charge < -0.3 is 19.4 Å². The van der Waals surface area contributed by atoms with Gasteiger partial charge in [-0.1, -0.05) is 23.7 Å². The molecule has 0 fully saturated rings. The van der Waals surface area contributed by atoms with Crippen molar-refractivity contribution in [3.8, 4) is 5.75 Å². The minimum atomic E-state index is -0.905. The molecule has 4 aromatic rings. The maximum atomic E-state index is 12.5. The van der Waals surface area contributed by atoms with Crippen molar-refractivity contribution in [3.05, 3.63) is 69.5 Å². The lowest BCUT2D eigenvalue weighted by atomic mass is 10.2. The molecule has 0 atom stereocenters. The Morgan fingerprint density at radius 2 is 1.85 bits per heavy atom. The van der Waals surface area contributed by atoms with Gasteiger partial charge in [-0.05, 0) is 36.4 Å². The third-order valence-electron chi connectivity index (χ3n) is 4.25. The number of nitrogens with one attached hydrogen (secondary N) is 1. The van der Waals surface area contributed by atoms with Crippen molar-refractivity contribution in [1.29, 1.82) is 0 Å². The predicted octanol–water partition coefficient (Wildman–Crippen LogP) is 3.90. The zero-order chi connectivity index (χ0) is 18.4. The molecule has 0 spiro atoms. The first-order valence-corrected chi connectivity index (χ1v) is 8.15. The van der Waals surface area contributed by atoms with Crippen LogP contribution in [-0.2, 0) is 7.05 Å². The summed E-state index contributed by atoms with van der Waals surface area (Å²) < 4.78 is 7.05. The smallest absolute Gasteiger partial charge is 0.353 e. The van der Waals surface area contributed by atoms with E-state index in [1.165, 1.54) is 0 Å². The number of anilines is 1. The Labute approximate surface area is 152 Å². The van der Waals surface area contributed by atoms with E-state index >= 15 is 0 Å². The van der Waals surface area contributed by atoms with Crippen molar-refractivity contribution >= 4 is 45.2 Å². The van der Waals surface area contributed by atoms with E-state index in [1.54, 1.807) is 48.0 Å². The summed E-state index contributed by atoms with van der Waals surface area (Å²) >= 11 is 5.82. The van der Waals surface area contributed by atoms with Crippen molar-refractivity contribution in [2.24, 2.45) is 7.05 Å². The molecule has 26 heavy (non-hydrogen) atoms. The van der Waals surface area contributed by atoms with Gasteiger partial charge in [-0.15, -0.1) is 0 Å². The summed E-state index contributed by atoms with van der Waals surface area (Å²) in [5, 5.41) is 14.4. The van der Waals surface area contributed by atoms with Crippen molar-refractivity contribution in [3.63, 3.8) is 0 Å². The van der Waals surface area contributed by atoms with E-state index in [0.717, 1.165) is 5.52 Å². The monoisotopic (exact) mass is 368 g/mol. The first-order valence-electron chi connectivity index (χ1n) is 7.77. The van der Waals surface area contributed by atoms with Crippen LogP contribution in [-0.4, -0.2) is 15.6 Å².